The van der Waals surface area contributed by atoms with Gasteiger partial charge in [-0.15, -0.1) is 0 Å². The van der Waals surface area contributed by atoms with E-state index >= 15 is 0 Å². The van der Waals surface area contributed by atoms with Crippen molar-refractivity contribution < 1.29 is 13.3 Å². The Morgan fingerprint density at radius 2 is 1.95 bits per heavy atom. The van der Waals surface area contributed by atoms with Crippen LogP contribution in [0.15, 0.2) is 23.1 Å². The number of anilines is 1. The molecule has 0 saturated carbocycles. The average molecular weight is 287 g/mol. The zero-order valence-corrected chi connectivity index (χ0v) is 11.6. The first-order valence-electron chi connectivity index (χ1n) is 5.88. The summed E-state index contributed by atoms with van der Waals surface area (Å²) in [6.07, 6.45) is 1.21. The number of hydrogen-bond donors (Lipinski definition) is 2. The molecule has 0 aliphatic heterocycles. The predicted octanol–water partition coefficient (Wildman–Crippen LogP) is 1.64. The van der Waals surface area contributed by atoms with E-state index in [9.17, 15) is 18.5 Å². The van der Waals surface area contributed by atoms with Gasteiger partial charge in [0.2, 0.25) is 10.0 Å². The second-order valence-corrected chi connectivity index (χ2v) is 5.77. The van der Waals surface area contributed by atoms with Gasteiger partial charge in [-0.1, -0.05) is 19.9 Å². The Kier molecular flexibility index (Phi) is 4.84. The van der Waals surface area contributed by atoms with E-state index in [1.807, 2.05) is 13.8 Å². The van der Waals surface area contributed by atoms with Crippen molar-refractivity contribution in [2.24, 2.45) is 0 Å². The summed E-state index contributed by atoms with van der Waals surface area (Å²) in [5.74, 6) is 0. The predicted molar refractivity (Wildman–Crippen MR) is 72.2 cm³/mol. The fourth-order valence-corrected chi connectivity index (χ4v) is 3.29. The Bertz CT molecular complexity index is 567. The number of rotatable bonds is 6. The second-order valence-electron chi connectivity index (χ2n) is 4.09. The van der Waals surface area contributed by atoms with E-state index in [1.54, 1.807) is 0 Å². The number of sulfonamides is 1. The summed E-state index contributed by atoms with van der Waals surface area (Å²) in [6.45, 7) is 3.68. The van der Waals surface area contributed by atoms with E-state index in [1.165, 1.54) is 18.2 Å². The molecule has 3 N–H and O–H groups in total. The van der Waals surface area contributed by atoms with Gasteiger partial charge in [-0.05, 0) is 25.0 Å². The Labute approximate surface area is 112 Å². The molecule has 1 aromatic carbocycles. The second kappa shape index (κ2) is 5.98. The van der Waals surface area contributed by atoms with Crippen LogP contribution in [-0.4, -0.2) is 19.4 Å². The maximum atomic E-state index is 12.2. The molecular formula is C11H17N3O4S. The van der Waals surface area contributed by atoms with Crippen LogP contribution in [0.25, 0.3) is 0 Å². The summed E-state index contributed by atoms with van der Waals surface area (Å²) in [7, 11) is -3.95. The van der Waals surface area contributed by atoms with Gasteiger partial charge in [0, 0.05) is 6.04 Å². The largest absolute Gasteiger partial charge is 0.393 e. The molecular weight excluding hydrogens is 270 g/mol. The third kappa shape index (κ3) is 3.42. The molecule has 0 aliphatic carbocycles. The lowest BCUT2D eigenvalue weighted by Gasteiger charge is -2.15. The minimum absolute atomic E-state index is 0.169. The summed E-state index contributed by atoms with van der Waals surface area (Å²) in [5.41, 5.74) is 4.73. The Hall–Kier alpha value is -1.67. The monoisotopic (exact) mass is 287 g/mol. The molecule has 1 rings (SSSR count). The van der Waals surface area contributed by atoms with Crippen LogP contribution in [-0.2, 0) is 10.0 Å². The van der Waals surface area contributed by atoms with Crippen LogP contribution in [0.1, 0.15) is 26.7 Å². The fourth-order valence-electron chi connectivity index (χ4n) is 1.69. The number of para-hydroxylation sites is 1. The number of nitro groups is 1. The lowest BCUT2D eigenvalue weighted by atomic mass is 10.2. The first kappa shape index (κ1) is 15.4. The molecule has 0 unspecified atom stereocenters. The molecule has 0 atom stereocenters. The SMILES string of the molecule is CCC(CC)NS(=O)(=O)c1cccc(N)c1[N+](=O)[O-]. The number of hydrogen-bond acceptors (Lipinski definition) is 5. The van der Waals surface area contributed by atoms with Crippen molar-refractivity contribution in [3.8, 4) is 0 Å². The average Bonchev–Trinajstić information content (AvgIpc) is 2.35. The Morgan fingerprint density at radius 3 is 2.42 bits per heavy atom. The summed E-state index contributed by atoms with van der Waals surface area (Å²) in [6, 6.07) is 3.60. The summed E-state index contributed by atoms with van der Waals surface area (Å²) < 4.78 is 26.8. The van der Waals surface area contributed by atoms with Crippen molar-refractivity contribution in [1.82, 2.24) is 4.72 Å². The lowest BCUT2D eigenvalue weighted by Crippen LogP contribution is -2.34. The summed E-state index contributed by atoms with van der Waals surface area (Å²) >= 11 is 0. The number of nitrogen functional groups attached to an aromatic ring is 1. The lowest BCUT2D eigenvalue weighted by molar-refractivity contribution is -0.386. The molecule has 8 heteroatoms. The minimum Gasteiger partial charge on any atom is -0.393 e. The molecule has 0 fully saturated rings. The molecule has 0 radical (unpaired) electrons. The molecule has 19 heavy (non-hydrogen) atoms. The standard InChI is InChI=1S/C11H17N3O4S/c1-3-8(4-2)13-19(17,18)10-7-5-6-9(12)11(10)14(15)16/h5-8,13H,3-4,12H2,1-2H3. The van der Waals surface area contributed by atoms with Gasteiger partial charge in [0.05, 0.1) is 4.92 Å². The molecule has 0 amide bonds. The molecule has 0 spiro atoms. The van der Waals surface area contributed by atoms with Gasteiger partial charge < -0.3 is 5.73 Å². The molecule has 0 aliphatic rings. The molecule has 0 saturated heterocycles. The molecule has 106 valence electrons. The highest BCUT2D eigenvalue weighted by atomic mass is 32.2. The van der Waals surface area contributed by atoms with Crippen molar-refractivity contribution in [3.05, 3.63) is 28.3 Å². The smallest absolute Gasteiger partial charge is 0.312 e. The highest BCUT2D eigenvalue weighted by molar-refractivity contribution is 7.89. The van der Waals surface area contributed by atoms with Gasteiger partial charge >= 0.3 is 5.69 Å². The van der Waals surface area contributed by atoms with Gasteiger partial charge in [-0.2, -0.15) is 0 Å². The van der Waals surface area contributed by atoms with Gasteiger partial charge in [-0.3, -0.25) is 10.1 Å². The first-order chi connectivity index (χ1) is 8.83. The Morgan fingerprint density at radius 1 is 1.37 bits per heavy atom. The number of benzene rings is 1. The molecule has 1 aromatic rings. The highest BCUT2D eigenvalue weighted by Crippen LogP contribution is 2.29. The maximum absolute atomic E-state index is 12.2. The summed E-state index contributed by atoms with van der Waals surface area (Å²) in [5, 5.41) is 10.9. The third-order valence-electron chi connectivity index (χ3n) is 2.81. The van der Waals surface area contributed by atoms with Crippen LogP contribution < -0.4 is 10.5 Å². The van der Waals surface area contributed by atoms with Crippen molar-refractivity contribution in [1.29, 1.82) is 0 Å². The fraction of sp³-hybridized carbons (Fsp3) is 0.455. The minimum atomic E-state index is -3.95. The summed E-state index contributed by atoms with van der Waals surface area (Å²) in [4.78, 5) is 9.77. The van der Waals surface area contributed by atoms with Crippen molar-refractivity contribution in [3.63, 3.8) is 0 Å². The van der Waals surface area contributed by atoms with Gasteiger partial charge in [0.15, 0.2) is 4.90 Å². The number of nitrogens with one attached hydrogen (secondary N) is 1. The molecule has 0 aromatic heterocycles. The zero-order valence-electron chi connectivity index (χ0n) is 10.8. The van der Waals surface area contributed by atoms with Gasteiger partial charge in [-0.25, -0.2) is 13.1 Å². The van der Waals surface area contributed by atoms with Crippen molar-refractivity contribution >= 4 is 21.4 Å². The maximum Gasteiger partial charge on any atom is 0.312 e. The van der Waals surface area contributed by atoms with E-state index in [0.29, 0.717) is 12.8 Å². The topological polar surface area (TPSA) is 115 Å². The first-order valence-corrected chi connectivity index (χ1v) is 7.37. The molecule has 7 nitrogen and oxygen atoms in total. The van der Waals surface area contributed by atoms with Gasteiger partial charge in [0.25, 0.3) is 0 Å². The van der Waals surface area contributed by atoms with E-state index < -0.39 is 25.5 Å². The van der Waals surface area contributed by atoms with E-state index in [-0.39, 0.29) is 11.7 Å². The quantitative estimate of drug-likeness (QED) is 0.469. The van der Waals surface area contributed by atoms with E-state index in [0.717, 1.165) is 0 Å². The number of nitrogens with two attached hydrogens (primary N) is 1. The van der Waals surface area contributed by atoms with Crippen LogP contribution >= 0.6 is 0 Å². The van der Waals surface area contributed by atoms with E-state index in [4.69, 9.17) is 5.73 Å². The van der Waals surface area contributed by atoms with E-state index in [2.05, 4.69) is 4.72 Å². The molecule has 0 heterocycles. The number of nitro benzene ring substituents is 1. The van der Waals surface area contributed by atoms with Crippen LogP contribution in [0.5, 0.6) is 0 Å². The van der Waals surface area contributed by atoms with Crippen molar-refractivity contribution in [2.75, 3.05) is 5.73 Å². The zero-order chi connectivity index (χ0) is 14.6. The van der Waals surface area contributed by atoms with Crippen LogP contribution in [0.4, 0.5) is 11.4 Å². The van der Waals surface area contributed by atoms with Crippen molar-refractivity contribution in [2.45, 2.75) is 37.6 Å². The third-order valence-corrected chi connectivity index (χ3v) is 4.36. The van der Waals surface area contributed by atoms with Crippen LogP contribution in [0, 0.1) is 10.1 Å². The normalized spacial score (nSPS) is 11.7. The highest BCUT2D eigenvalue weighted by Gasteiger charge is 2.29. The van der Waals surface area contributed by atoms with Crippen LogP contribution in [0.2, 0.25) is 0 Å². The Balaban J connectivity index is 3.29. The van der Waals surface area contributed by atoms with Crippen LogP contribution in [0.3, 0.4) is 0 Å². The number of nitrogens with zero attached hydrogens (tertiary/aromatic N) is 1. The molecule has 0 bridgehead atoms. The van der Waals surface area contributed by atoms with Gasteiger partial charge in [0.1, 0.15) is 5.69 Å².